The molecule has 8 nitrogen and oxygen atoms in total. The van der Waals surface area contributed by atoms with Crippen LogP contribution in [0.3, 0.4) is 0 Å². The van der Waals surface area contributed by atoms with E-state index in [1.54, 1.807) is 7.05 Å². The van der Waals surface area contributed by atoms with E-state index in [1.807, 2.05) is 42.7 Å². The number of imidazole rings is 1. The van der Waals surface area contributed by atoms with Gasteiger partial charge in [-0.05, 0) is 25.5 Å². The molecule has 2 atom stereocenters. The second-order valence-electron chi connectivity index (χ2n) is 7.63. The van der Waals surface area contributed by atoms with Crippen molar-refractivity contribution in [2.24, 2.45) is 14.1 Å². The summed E-state index contributed by atoms with van der Waals surface area (Å²) in [6.45, 7) is 5.69. The Morgan fingerprint density at radius 2 is 1.76 bits per heavy atom. The van der Waals surface area contributed by atoms with Crippen LogP contribution in [0.5, 0.6) is 0 Å². The Morgan fingerprint density at radius 1 is 1.10 bits per heavy atom. The summed E-state index contributed by atoms with van der Waals surface area (Å²) >= 11 is 6.40. The molecule has 3 aromatic rings. The highest BCUT2D eigenvalue weighted by molar-refractivity contribution is 6.31. The lowest BCUT2D eigenvalue weighted by atomic mass is 10.2. The predicted molar refractivity (Wildman–Crippen MR) is 113 cm³/mol. The lowest BCUT2D eigenvalue weighted by Gasteiger charge is -2.36. The standard InChI is InChI=1S/C20H24ClN5O3/c1-12-9-25(10-13(2)29-12)19-22-17-16(18(27)24(4)20(28)23(17)3)26(19)11-14-7-5-6-8-15(14)21/h5-8,12-13H,9-11H2,1-4H3. The van der Waals surface area contributed by atoms with Crippen LogP contribution in [0, 0.1) is 0 Å². The van der Waals surface area contributed by atoms with Crippen LogP contribution in [0.25, 0.3) is 11.2 Å². The molecule has 0 aliphatic carbocycles. The van der Waals surface area contributed by atoms with Crippen LogP contribution in [-0.4, -0.2) is 44.0 Å². The fourth-order valence-corrected chi connectivity index (χ4v) is 4.16. The highest BCUT2D eigenvalue weighted by Gasteiger charge is 2.28. The van der Waals surface area contributed by atoms with Gasteiger partial charge in [-0.1, -0.05) is 29.8 Å². The van der Waals surface area contributed by atoms with Gasteiger partial charge in [0.05, 0.1) is 18.8 Å². The number of halogens is 1. The average molecular weight is 418 g/mol. The first kappa shape index (κ1) is 19.7. The second kappa shape index (κ2) is 7.35. The predicted octanol–water partition coefficient (Wildman–Crippen LogP) is 1.75. The molecule has 2 aromatic heterocycles. The summed E-state index contributed by atoms with van der Waals surface area (Å²) in [5.74, 6) is 0.639. The molecule has 4 rings (SSSR count). The Morgan fingerprint density at radius 3 is 2.41 bits per heavy atom. The van der Waals surface area contributed by atoms with Crippen molar-refractivity contribution in [1.29, 1.82) is 0 Å². The van der Waals surface area contributed by atoms with E-state index in [1.165, 1.54) is 11.6 Å². The third-order valence-electron chi connectivity index (χ3n) is 5.32. The summed E-state index contributed by atoms with van der Waals surface area (Å²) in [5.41, 5.74) is 0.853. The van der Waals surface area contributed by atoms with Crippen LogP contribution >= 0.6 is 11.6 Å². The van der Waals surface area contributed by atoms with Crippen LogP contribution in [0.15, 0.2) is 33.9 Å². The number of aryl methyl sites for hydroxylation is 1. The van der Waals surface area contributed by atoms with Gasteiger partial charge in [-0.2, -0.15) is 4.98 Å². The Balaban J connectivity index is 1.98. The largest absolute Gasteiger partial charge is 0.372 e. The third-order valence-corrected chi connectivity index (χ3v) is 5.69. The fraction of sp³-hybridized carbons (Fsp3) is 0.450. The van der Waals surface area contributed by atoms with Crippen molar-refractivity contribution >= 4 is 28.7 Å². The van der Waals surface area contributed by atoms with E-state index >= 15 is 0 Å². The SMILES string of the molecule is CC1CN(c2nc3c(c(=O)n(C)c(=O)n3C)n2Cc2ccccc2Cl)CC(C)O1. The molecule has 0 saturated carbocycles. The topological polar surface area (TPSA) is 74.3 Å². The van der Waals surface area contributed by atoms with E-state index in [0.717, 1.165) is 10.1 Å². The van der Waals surface area contributed by atoms with E-state index < -0.39 is 5.69 Å². The second-order valence-corrected chi connectivity index (χ2v) is 8.04. The van der Waals surface area contributed by atoms with Gasteiger partial charge in [-0.25, -0.2) is 4.79 Å². The lowest BCUT2D eigenvalue weighted by Crippen LogP contribution is -2.46. The van der Waals surface area contributed by atoms with E-state index in [9.17, 15) is 9.59 Å². The Labute approximate surface area is 172 Å². The van der Waals surface area contributed by atoms with Gasteiger partial charge in [0, 0.05) is 32.2 Å². The number of rotatable bonds is 3. The normalized spacial score (nSPS) is 19.8. The Bertz CT molecular complexity index is 1190. The average Bonchev–Trinajstić information content (AvgIpc) is 3.05. The van der Waals surface area contributed by atoms with Crippen LogP contribution < -0.4 is 16.1 Å². The molecule has 1 saturated heterocycles. The first-order valence-electron chi connectivity index (χ1n) is 9.58. The van der Waals surface area contributed by atoms with Crippen molar-refractivity contribution in [3.05, 3.63) is 55.7 Å². The van der Waals surface area contributed by atoms with Crippen LogP contribution in [-0.2, 0) is 25.4 Å². The molecular weight excluding hydrogens is 394 g/mol. The summed E-state index contributed by atoms with van der Waals surface area (Å²) in [7, 11) is 3.11. The molecule has 1 fully saturated rings. The highest BCUT2D eigenvalue weighted by Crippen LogP contribution is 2.26. The van der Waals surface area contributed by atoms with Gasteiger partial charge in [0.15, 0.2) is 11.2 Å². The molecule has 0 radical (unpaired) electrons. The molecule has 1 aliphatic rings. The molecule has 9 heteroatoms. The van der Waals surface area contributed by atoms with Crippen molar-refractivity contribution in [2.75, 3.05) is 18.0 Å². The Hall–Kier alpha value is -2.58. The zero-order chi connectivity index (χ0) is 20.9. The molecule has 1 aromatic carbocycles. The fourth-order valence-electron chi connectivity index (χ4n) is 3.96. The minimum atomic E-state index is -0.403. The summed E-state index contributed by atoms with van der Waals surface area (Å²) in [5, 5.41) is 0.616. The molecule has 2 unspecified atom stereocenters. The first-order valence-corrected chi connectivity index (χ1v) is 9.95. The summed E-state index contributed by atoms with van der Waals surface area (Å²) in [4.78, 5) is 32.3. The van der Waals surface area contributed by atoms with Crippen LogP contribution in [0.1, 0.15) is 19.4 Å². The quantitative estimate of drug-likeness (QED) is 0.649. The number of hydrogen-bond donors (Lipinski definition) is 0. The molecule has 0 N–H and O–H groups in total. The number of anilines is 1. The number of hydrogen-bond acceptors (Lipinski definition) is 5. The smallest absolute Gasteiger partial charge is 0.332 e. The number of benzene rings is 1. The monoisotopic (exact) mass is 417 g/mol. The molecule has 154 valence electrons. The minimum absolute atomic E-state index is 0.0268. The minimum Gasteiger partial charge on any atom is -0.372 e. The van der Waals surface area contributed by atoms with Gasteiger partial charge in [0.1, 0.15) is 0 Å². The van der Waals surface area contributed by atoms with Crippen molar-refractivity contribution in [3.8, 4) is 0 Å². The van der Waals surface area contributed by atoms with Crippen molar-refractivity contribution < 1.29 is 4.74 Å². The molecule has 0 bridgehead atoms. The summed E-state index contributed by atoms with van der Waals surface area (Å²) in [6.07, 6.45) is 0.0537. The molecule has 0 spiro atoms. The zero-order valence-electron chi connectivity index (χ0n) is 16.9. The summed E-state index contributed by atoms with van der Waals surface area (Å²) in [6, 6.07) is 7.52. The lowest BCUT2D eigenvalue weighted by molar-refractivity contribution is -0.00585. The summed E-state index contributed by atoms with van der Waals surface area (Å²) < 4.78 is 10.2. The van der Waals surface area contributed by atoms with Gasteiger partial charge in [-0.15, -0.1) is 0 Å². The van der Waals surface area contributed by atoms with Crippen LogP contribution in [0.4, 0.5) is 5.95 Å². The van der Waals surface area contributed by atoms with Crippen LogP contribution in [0.2, 0.25) is 5.02 Å². The maximum absolute atomic E-state index is 13.0. The number of ether oxygens (including phenoxy) is 1. The van der Waals surface area contributed by atoms with E-state index in [4.69, 9.17) is 21.3 Å². The number of aromatic nitrogens is 4. The molecule has 0 amide bonds. The maximum Gasteiger partial charge on any atom is 0.332 e. The van der Waals surface area contributed by atoms with E-state index in [-0.39, 0.29) is 17.8 Å². The Kier molecular flexibility index (Phi) is 5.00. The van der Waals surface area contributed by atoms with Crippen molar-refractivity contribution in [2.45, 2.75) is 32.6 Å². The number of nitrogens with zero attached hydrogens (tertiary/aromatic N) is 5. The van der Waals surface area contributed by atoms with Gasteiger partial charge in [0.2, 0.25) is 5.95 Å². The van der Waals surface area contributed by atoms with Gasteiger partial charge >= 0.3 is 5.69 Å². The molecular formula is C20H24ClN5O3. The number of fused-ring (bicyclic) bond motifs is 1. The van der Waals surface area contributed by atoms with Gasteiger partial charge < -0.3 is 9.64 Å². The van der Waals surface area contributed by atoms with E-state index in [2.05, 4.69) is 4.90 Å². The van der Waals surface area contributed by atoms with E-state index in [0.29, 0.717) is 41.8 Å². The highest BCUT2D eigenvalue weighted by atomic mass is 35.5. The maximum atomic E-state index is 13.0. The zero-order valence-corrected chi connectivity index (χ0v) is 17.7. The first-order chi connectivity index (χ1) is 13.8. The number of morpholine rings is 1. The third kappa shape index (κ3) is 3.36. The molecule has 3 heterocycles. The van der Waals surface area contributed by atoms with Gasteiger partial charge in [-0.3, -0.25) is 18.5 Å². The molecule has 1 aliphatic heterocycles. The molecule has 29 heavy (non-hydrogen) atoms. The van der Waals surface area contributed by atoms with Gasteiger partial charge in [0.25, 0.3) is 5.56 Å². The van der Waals surface area contributed by atoms with Crippen molar-refractivity contribution in [3.63, 3.8) is 0 Å². The van der Waals surface area contributed by atoms with Crippen molar-refractivity contribution in [1.82, 2.24) is 18.7 Å².